The lowest BCUT2D eigenvalue weighted by Crippen LogP contribution is -1.86. The zero-order chi connectivity index (χ0) is 25.9. The van der Waals surface area contributed by atoms with Crippen molar-refractivity contribution in [1.29, 1.82) is 10.5 Å². The molecule has 0 bridgehead atoms. The Morgan fingerprint density at radius 1 is 0.395 bits per heavy atom. The highest BCUT2D eigenvalue weighted by Gasteiger charge is 2.07. The smallest absolute Gasteiger partial charge is 0.101 e. The summed E-state index contributed by atoms with van der Waals surface area (Å²) in [6.45, 7) is 0. The van der Waals surface area contributed by atoms with Crippen molar-refractivity contribution in [3.63, 3.8) is 0 Å². The molecule has 0 amide bonds. The van der Waals surface area contributed by atoms with E-state index in [4.69, 9.17) is 0 Å². The van der Waals surface area contributed by atoms with E-state index in [2.05, 4.69) is 82.8 Å². The van der Waals surface area contributed by atoms with Gasteiger partial charge in [0.2, 0.25) is 0 Å². The van der Waals surface area contributed by atoms with Gasteiger partial charge in [0.15, 0.2) is 0 Å². The Bertz CT molecular complexity index is 1770. The molecule has 2 heterocycles. The molecular weight excluding hydrogens is 464 g/mol. The number of nitrogens with zero attached hydrogens (tertiary/aromatic N) is 4. The van der Waals surface area contributed by atoms with Gasteiger partial charge in [-0.05, 0) is 80.6 Å². The fraction of sp³-hybridized carbons (Fsp3) is 0. The molecule has 0 aliphatic heterocycles. The topological polar surface area (TPSA) is 73.4 Å². The molecule has 0 atom stereocenters. The first-order valence-corrected chi connectivity index (χ1v) is 12.2. The molecule has 0 fully saturated rings. The maximum Gasteiger partial charge on any atom is 0.101 e. The van der Waals surface area contributed by atoms with E-state index in [0.717, 1.165) is 55.3 Å². The molecule has 4 nitrogen and oxygen atoms in total. The van der Waals surface area contributed by atoms with Gasteiger partial charge in [-0.2, -0.15) is 10.5 Å². The van der Waals surface area contributed by atoms with Gasteiger partial charge in [0, 0.05) is 35.9 Å². The second-order valence-corrected chi connectivity index (χ2v) is 9.09. The minimum absolute atomic E-state index is 0.548. The summed E-state index contributed by atoms with van der Waals surface area (Å²) in [5.41, 5.74) is 9.47. The van der Waals surface area contributed by atoms with Crippen molar-refractivity contribution in [2.75, 3.05) is 0 Å². The molecule has 2 aromatic heterocycles. The van der Waals surface area contributed by atoms with Gasteiger partial charge in [-0.1, -0.05) is 60.7 Å². The summed E-state index contributed by atoms with van der Waals surface area (Å²) in [4.78, 5) is 8.40. The fourth-order valence-corrected chi connectivity index (χ4v) is 4.68. The summed E-state index contributed by atoms with van der Waals surface area (Å²) in [6, 6.07) is 37.7. The predicted octanol–water partition coefficient (Wildman–Crippen LogP) is 8.04. The third-order valence-electron chi connectivity index (χ3n) is 6.63. The van der Waals surface area contributed by atoms with Gasteiger partial charge in [-0.15, -0.1) is 0 Å². The highest BCUT2D eigenvalue weighted by Crippen LogP contribution is 2.32. The SMILES string of the molecule is N#Cc1cncc(-c2cccc(-c3ccc4cc(-c5cccc(-c6cncc(C#N)c6)c5)ccc4c3)c2)c1. The quantitative estimate of drug-likeness (QED) is 0.254. The van der Waals surface area contributed by atoms with Crippen LogP contribution in [0.4, 0.5) is 0 Å². The lowest BCUT2D eigenvalue weighted by Gasteiger charge is -2.10. The first-order chi connectivity index (χ1) is 18.7. The predicted molar refractivity (Wildman–Crippen MR) is 151 cm³/mol. The van der Waals surface area contributed by atoms with Crippen molar-refractivity contribution < 1.29 is 0 Å². The first kappa shape index (κ1) is 22.9. The molecule has 0 saturated carbocycles. The molecule has 176 valence electrons. The van der Waals surface area contributed by atoms with Crippen molar-refractivity contribution in [3.8, 4) is 56.6 Å². The van der Waals surface area contributed by atoms with E-state index in [1.165, 1.54) is 0 Å². The summed E-state index contributed by atoms with van der Waals surface area (Å²) in [5, 5.41) is 20.8. The first-order valence-electron chi connectivity index (χ1n) is 12.2. The van der Waals surface area contributed by atoms with Crippen LogP contribution in [0, 0.1) is 22.7 Å². The summed E-state index contributed by atoms with van der Waals surface area (Å²) < 4.78 is 0. The lowest BCUT2D eigenvalue weighted by atomic mass is 9.95. The maximum absolute atomic E-state index is 9.22. The molecule has 6 rings (SSSR count). The van der Waals surface area contributed by atoms with Crippen LogP contribution >= 0.6 is 0 Å². The van der Waals surface area contributed by atoms with Crippen molar-refractivity contribution >= 4 is 10.8 Å². The van der Waals surface area contributed by atoms with E-state index >= 15 is 0 Å². The van der Waals surface area contributed by atoms with Crippen molar-refractivity contribution in [2.24, 2.45) is 0 Å². The minimum atomic E-state index is 0.548. The Kier molecular flexibility index (Phi) is 5.91. The lowest BCUT2D eigenvalue weighted by molar-refractivity contribution is 1.30. The largest absolute Gasteiger partial charge is 0.263 e. The molecule has 0 aliphatic carbocycles. The second kappa shape index (κ2) is 9.82. The highest BCUT2D eigenvalue weighted by atomic mass is 14.6. The molecule has 6 aromatic rings. The number of fused-ring (bicyclic) bond motifs is 1. The van der Waals surface area contributed by atoms with E-state index in [1.807, 2.05) is 36.4 Å². The highest BCUT2D eigenvalue weighted by molar-refractivity contribution is 5.91. The Morgan fingerprint density at radius 3 is 1.21 bits per heavy atom. The number of hydrogen-bond donors (Lipinski definition) is 0. The average molecular weight is 485 g/mol. The summed E-state index contributed by atoms with van der Waals surface area (Å²) in [5.74, 6) is 0. The molecule has 4 heteroatoms. The molecule has 0 aliphatic rings. The van der Waals surface area contributed by atoms with E-state index in [9.17, 15) is 10.5 Å². The van der Waals surface area contributed by atoms with Crippen LogP contribution in [-0.2, 0) is 0 Å². The van der Waals surface area contributed by atoms with Gasteiger partial charge in [0.25, 0.3) is 0 Å². The molecule has 4 aromatic carbocycles. The monoisotopic (exact) mass is 484 g/mol. The van der Waals surface area contributed by atoms with Crippen molar-refractivity contribution in [1.82, 2.24) is 9.97 Å². The van der Waals surface area contributed by atoms with Gasteiger partial charge >= 0.3 is 0 Å². The number of aromatic nitrogens is 2. The van der Waals surface area contributed by atoms with Gasteiger partial charge in [-0.25, -0.2) is 0 Å². The Morgan fingerprint density at radius 2 is 0.789 bits per heavy atom. The molecule has 38 heavy (non-hydrogen) atoms. The van der Waals surface area contributed by atoms with E-state index < -0.39 is 0 Å². The third-order valence-corrected chi connectivity index (χ3v) is 6.63. The number of pyridine rings is 2. The van der Waals surface area contributed by atoms with Crippen LogP contribution in [0.3, 0.4) is 0 Å². The van der Waals surface area contributed by atoms with E-state index in [1.54, 1.807) is 24.8 Å². The van der Waals surface area contributed by atoms with Crippen LogP contribution in [0.5, 0.6) is 0 Å². The third kappa shape index (κ3) is 4.51. The van der Waals surface area contributed by atoms with E-state index in [0.29, 0.717) is 11.1 Å². The van der Waals surface area contributed by atoms with Gasteiger partial charge in [0.1, 0.15) is 12.1 Å². The number of benzene rings is 4. The fourth-order valence-electron chi connectivity index (χ4n) is 4.68. The van der Waals surface area contributed by atoms with Crippen LogP contribution in [-0.4, -0.2) is 9.97 Å². The van der Waals surface area contributed by atoms with E-state index in [-0.39, 0.29) is 0 Å². The van der Waals surface area contributed by atoms with Crippen LogP contribution in [0.25, 0.3) is 55.3 Å². The minimum Gasteiger partial charge on any atom is -0.263 e. The standard InChI is InChI=1S/C34H20N4/c35-17-23-11-33(21-37-19-23)27-5-1-3-25(13-27)29-7-9-32-16-30(8-10-31(32)15-29)26-4-2-6-28(14-26)34-12-24(18-36)20-38-22-34/h1-16,19-22H. The van der Waals surface area contributed by atoms with Gasteiger partial charge in [0.05, 0.1) is 11.1 Å². The Balaban J connectivity index is 1.33. The zero-order valence-electron chi connectivity index (χ0n) is 20.3. The zero-order valence-corrected chi connectivity index (χ0v) is 20.3. The van der Waals surface area contributed by atoms with Crippen molar-refractivity contribution in [3.05, 3.63) is 133 Å². The number of hydrogen-bond acceptors (Lipinski definition) is 4. The van der Waals surface area contributed by atoms with Gasteiger partial charge < -0.3 is 0 Å². The summed E-state index contributed by atoms with van der Waals surface area (Å²) in [6.07, 6.45) is 6.72. The van der Waals surface area contributed by atoms with Crippen LogP contribution < -0.4 is 0 Å². The molecule has 0 unspecified atom stereocenters. The van der Waals surface area contributed by atoms with Crippen LogP contribution in [0.15, 0.2) is 122 Å². The maximum atomic E-state index is 9.22. The summed E-state index contributed by atoms with van der Waals surface area (Å²) >= 11 is 0. The number of rotatable bonds is 4. The molecular formula is C34H20N4. The number of nitriles is 2. The second-order valence-electron chi connectivity index (χ2n) is 9.09. The molecule has 0 spiro atoms. The normalized spacial score (nSPS) is 10.6. The summed E-state index contributed by atoms with van der Waals surface area (Å²) in [7, 11) is 0. The van der Waals surface area contributed by atoms with Crippen LogP contribution in [0.2, 0.25) is 0 Å². The Labute approximate surface area is 220 Å². The Hall–Kier alpha value is -5.58. The van der Waals surface area contributed by atoms with Gasteiger partial charge in [-0.3, -0.25) is 9.97 Å². The van der Waals surface area contributed by atoms with Crippen molar-refractivity contribution in [2.45, 2.75) is 0 Å². The average Bonchev–Trinajstić information content (AvgIpc) is 3.00. The molecule has 0 N–H and O–H groups in total. The molecule has 0 saturated heterocycles. The van der Waals surface area contributed by atoms with Crippen LogP contribution in [0.1, 0.15) is 11.1 Å². The molecule has 0 radical (unpaired) electrons.